The minimum absolute atomic E-state index is 0.572. The van der Waals surface area contributed by atoms with Crippen molar-refractivity contribution in [2.45, 2.75) is 45.4 Å². The van der Waals surface area contributed by atoms with Crippen molar-refractivity contribution in [3.05, 3.63) is 11.9 Å². The summed E-state index contributed by atoms with van der Waals surface area (Å²) >= 11 is 0. The molecular formula is C15H26N4O. The van der Waals surface area contributed by atoms with Gasteiger partial charge >= 0.3 is 0 Å². The third-order valence-electron chi connectivity index (χ3n) is 3.22. The Morgan fingerprint density at radius 1 is 1.15 bits per heavy atom. The van der Waals surface area contributed by atoms with E-state index in [9.17, 15) is 0 Å². The molecule has 1 aliphatic carbocycles. The van der Waals surface area contributed by atoms with Gasteiger partial charge in [-0.1, -0.05) is 6.92 Å². The third-order valence-corrected chi connectivity index (χ3v) is 3.22. The van der Waals surface area contributed by atoms with Gasteiger partial charge in [-0.2, -0.15) is 0 Å². The lowest BCUT2D eigenvalue weighted by Crippen LogP contribution is -2.10. The van der Waals surface area contributed by atoms with Gasteiger partial charge in [0.2, 0.25) is 0 Å². The van der Waals surface area contributed by atoms with Gasteiger partial charge in [-0.25, -0.2) is 9.97 Å². The highest BCUT2D eigenvalue weighted by atomic mass is 16.5. The molecule has 0 amide bonds. The van der Waals surface area contributed by atoms with Crippen molar-refractivity contribution in [3.8, 4) is 0 Å². The van der Waals surface area contributed by atoms with Gasteiger partial charge in [0.05, 0.1) is 0 Å². The van der Waals surface area contributed by atoms with Crippen molar-refractivity contribution in [2.75, 3.05) is 36.9 Å². The average molecular weight is 278 g/mol. The highest BCUT2D eigenvalue weighted by Crippen LogP contribution is 2.38. The number of hydrogen-bond donors (Lipinski definition) is 2. The lowest BCUT2D eigenvalue weighted by atomic mass is 10.3. The fourth-order valence-electron chi connectivity index (χ4n) is 1.96. The van der Waals surface area contributed by atoms with E-state index in [1.54, 1.807) is 0 Å². The standard InChI is InChI=1S/C15H26N4O/c1-3-8-16-13-11-14(17-9-5-10-20-4-2)19-15(18-13)12-6-7-12/h11-12H,3-10H2,1-2H3,(H2,16,17,18,19). The Hall–Kier alpha value is -1.36. The van der Waals surface area contributed by atoms with Gasteiger partial charge < -0.3 is 15.4 Å². The molecule has 0 bridgehead atoms. The van der Waals surface area contributed by atoms with Crippen LogP contribution >= 0.6 is 0 Å². The minimum atomic E-state index is 0.572. The van der Waals surface area contributed by atoms with Gasteiger partial charge in [0.1, 0.15) is 17.5 Å². The van der Waals surface area contributed by atoms with Crippen LogP contribution in [0.2, 0.25) is 0 Å². The van der Waals surface area contributed by atoms with E-state index in [1.165, 1.54) is 12.8 Å². The number of ether oxygens (including phenoxy) is 1. The number of nitrogens with zero attached hydrogens (tertiary/aromatic N) is 2. The smallest absolute Gasteiger partial charge is 0.136 e. The molecule has 0 aliphatic heterocycles. The topological polar surface area (TPSA) is 59.1 Å². The predicted molar refractivity (Wildman–Crippen MR) is 82.4 cm³/mol. The van der Waals surface area contributed by atoms with Crippen LogP contribution in [0.4, 0.5) is 11.6 Å². The molecule has 0 aromatic carbocycles. The van der Waals surface area contributed by atoms with Crippen molar-refractivity contribution < 1.29 is 4.74 Å². The first-order chi connectivity index (χ1) is 9.83. The quantitative estimate of drug-likeness (QED) is 0.644. The van der Waals surface area contributed by atoms with Crippen molar-refractivity contribution >= 4 is 11.6 Å². The maximum atomic E-state index is 5.34. The summed E-state index contributed by atoms with van der Waals surface area (Å²) in [5.41, 5.74) is 0. The largest absolute Gasteiger partial charge is 0.382 e. The molecule has 0 radical (unpaired) electrons. The number of rotatable bonds is 10. The van der Waals surface area contributed by atoms with E-state index in [-0.39, 0.29) is 0 Å². The summed E-state index contributed by atoms with van der Waals surface area (Å²) in [5, 5.41) is 6.72. The first-order valence-corrected chi connectivity index (χ1v) is 7.78. The Morgan fingerprint density at radius 2 is 1.85 bits per heavy atom. The van der Waals surface area contributed by atoms with E-state index >= 15 is 0 Å². The molecule has 1 fully saturated rings. The molecule has 1 saturated carbocycles. The summed E-state index contributed by atoms with van der Waals surface area (Å²) in [6.45, 7) is 7.59. The van der Waals surface area contributed by atoms with Crippen LogP contribution in [0.5, 0.6) is 0 Å². The second-order valence-corrected chi connectivity index (χ2v) is 5.17. The number of anilines is 2. The molecule has 0 spiro atoms. The Balaban J connectivity index is 1.90. The van der Waals surface area contributed by atoms with Crippen LogP contribution in [0.1, 0.15) is 51.3 Å². The van der Waals surface area contributed by atoms with E-state index in [0.717, 1.165) is 56.6 Å². The number of aromatic nitrogens is 2. The van der Waals surface area contributed by atoms with Gasteiger partial charge in [-0.15, -0.1) is 0 Å². The van der Waals surface area contributed by atoms with E-state index in [2.05, 4.69) is 27.5 Å². The summed E-state index contributed by atoms with van der Waals surface area (Å²) in [4.78, 5) is 9.22. The second kappa shape index (κ2) is 8.04. The van der Waals surface area contributed by atoms with E-state index in [4.69, 9.17) is 4.74 Å². The maximum Gasteiger partial charge on any atom is 0.136 e. The second-order valence-electron chi connectivity index (χ2n) is 5.17. The minimum Gasteiger partial charge on any atom is -0.382 e. The zero-order chi connectivity index (χ0) is 14.2. The highest BCUT2D eigenvalue weighted by molar-refractivity contribution is 5.48. The molecule has 0 atom stereocenters. The van der Waals surface area contributed by atoms with Crippen LogP contribution in [-0.2, 0) is 4.74 Å². The molecule has 1 heterocycles. The molecule has 2 rings (SSSR count). The lowest BCUT2D eigenvalue weighted by molar-refractivity contribution is 0.147. The molecule has 1 aromatic rings. The van der Waals surface area contributed by atoms with Gasteiger partial charge in [-0.3, -0.25) is 0 Å². The van der Waals surface area contributed by atoms with E-state index in [1.807, 2.05) is 13.0 Å². The summed E-state index contributed by atoms with van der Waals surface area (Å²) in [6.07, 6.45) is 4.54. The summed E-state index contributed by atoms with van der Waals surface area (Å²) < 4.78 is 5.34. The molecule has 1 aromatic heterocycles. The Morgan fingerprint density at radius 3 is 2.45 bits per heavy atom. The normalized spacial score (nSPS) is 14.3. The first-order valence-electron chi connectivity index (χ1n) is 7.78. The highest BCUT2D eigenvalue weighted by Gasteiger charge is 2.27. The fraction of sp³-hybridized carbons (Fsp3) is 0.733. The molecule has 5 nitrogen and oxygen atoms in total. The molecule has 112 valence electrons. The van der Waals surface area contributed by atoms with Gasteiger partial charge in [-0.05, 0) is 32.6 Å². The van der Waals surface area contributed by atoms with Gasteiger partial charge in [0.15, 0.2) is 0 Å². The van der Waals surface area contributed by atoms with Crippen LogP contribution in [0, 0.1) is 0 Å². The Kier molecular flexibility index (Phi) is 6.05. The molecule has 0 saturated heterocycles. The van der Waals surface area contributed by atoms with Crippen LogP contribution < -0.4 is 10.6 Å². The SMILES string of the molecule is CCCNc1cc(NCCCOCC)nc(C2CC2)n1. The molecule has 2 N–H and O–H groups in total. The third kappa shape index (κ3) is 4.96. The molecular weight excluding hydrogens is 252 g/mol. The summed E-state index contributed by atoms with van der Waals surface area (Å²) in [7, 11) is 0. The number of hydrogen-bond acceptors (Lipinski definition) is 5. The van der Waals surface area contributed by atoms with E-state index < -0.39 is 0 Å². The van der Waals surface area contributed by atoms with Crippen molar-refractivity contribution in [2.24, 2.45) is 0 Å². The van der Waals surface area contributed by atoms with Crippen molar-refractivity contribution in [1.82, 2.24) is 9.97 Å². The summed E-state index contributed by atoms with van der Waals surface area (Å²) in [6, 6.07) is 2.00. The van der Waals surface area contributed by atoms with Gasteiger partial charge in [0, 0.05) is 38.3 Å². The van der Waals surface area contributed by atoms with Crippen LogP contribution in [-0.4, -0.2) is 36.3 Å². The Bertz CT molecular complexity index is 407. The molecule has 1 aliphatic rings. The molecule has 0 unspecified atom stereocenters. The summed E-state index contributed by atoms with van der Waals surface area (Å²) in [5.74, 6) is 3.42. The fourth-order valence-corrected chi connectivity index (χ4v) is 1.96. The zero-order valence-electron chi connectivity index (χ0n) is 12.6. The maximum absolute atomic E-state index is 5.34. The van der Waals surface area contributed by atoms with Crippen LogP contribution in [0.25, 0.3) is 0 Å². The zero-order valence-corrected chi connectivity index (χ0v) is 12.6. The van der Waals surface area contributed by atoms with Crippen LogP contribution in [0.3, 0.4) is 0 Å². The van der Waals surface area contributed by atoms with E-state index in [0.29, 0.717) is 5.92 Å². The average Bonchev–Trinajstić information content (AvgIpc) is 3.29. The molecule has 5 heteroatoms. The number of nitrogens with one attached hydrogen (secondary N) is 2. The van der Waals surface area contributed by atoms with Crippen molar-refractivity contribution in [3.63, 3.8) is 0 Å². The first kappa shape index (κ1) is 15.0. The van der Waals surface area contributed by atoms with Gasteiger partial charge in [0.25, 0.3) is 0 Å². The van der Waals surface area contributed by atoms with Crippen molar-refractivity contribution in [1.29, 1.82) is 0 Å². The Labute approximate surface area is 121 Å². The lowest BCUT2D eigenvalue weighted by Gasteiger charge is -2.11. The molecule has 20 heavy (non-hydrogen) atoms. The van der Waals surface area contributed by atoms with Crippen LogP contribution in [0.15, 0.2) is 6.07 Å². The monoisotopic (exact) mass is 278 g/mol. The predicted octanol–water partition coefficient (Wildman–Crippen LogP) is 3.01.